The van der Waals surface area contributed by atoms with Crippen LogP contribution < -0.4 is 0 Å². The molecule has 0 aliphatic carbocycles. The molecule has 0 saturated carbocycles. The second kappa shape index (κ2) is 31.8. The summed E-state index contributed by atoms with van der Waals surface area (Å²) in [6, 6.07) is 20.7. The van der Waals surface area contributed by atoms with Crippen molar-refractivity contribution >= 4 is 0 Å². The Kier molecular flexibility index (Phi) is 29.1. The summed E-state index contributed by atoms with van der Waals surface area (Å²) in [5, 5.41) is 70.6. The monoisotopic (exact) mass is 1280 g/mol. The van der Waals surface area contributed by atoms with Crippen molar-refractivity contribution in [3.8, 4) is 34.5 Å². The summed E-state index contributed by atoms with van der Waals surface area (Å²) in [6.45, 7) is 78.2. The first-order chi connectivity index (χ1) is 41.6. The molecule has 0 aliphatic rings. The van der Waals surface area contributed by atoms with E-state index in [4.69, 9.17) is 0 Å². The molecule has 7 N–H and O–H groups in total. The number of hydrogen-bond donors (Lipinski definition) is 7. The lowest BCUT2D eigenvalue weighted by Crippen LogP contribution is -2.21. The highest BCUT2D eigenvalue weighted by Crippen LogP contribution is 2.45. The molecule has 0 heterocycles. The highest BCUT2D eigenvalue weighted by molar-refractivity contribution is 5.55. The van der Waals surface area contributed by atoms with Crippen molar-refractivity contribution in [3.63, 3.8) is 0 Å². The average Bonchev–Trinajstić information content (AvgIpc) is 0.803. The fraction of sp³-hybridized carbons (Fsp3) is 0.581. The SMILES string of the molecule is CC(C)(C)c1cc(C(C)(C)C)c(O)c(C(C)(C)C)c1.CC(C)(C)c1cc(CO)cc(C(C)(C)C)c1O.CCc1cc(C(C)(C)C)c(O)c(C(C)(C)C)c1.CCc1cc(C)cc(CC)c1O.Cc1c(C)c(C)c(O)c(C)c1C.Cc1cc(C(C)(C)C)c(O)c(C(C)(C)C)c1. The standard InChI is InChI=1S/C18H30O.C16H26O.C15H24O2.C15H24O.2C11H16O/c1-16(2,3)12-10-13(17(4,5)6)15(19)14(11-12)18(7,8)9;1-8-11-9-12(15(2,3)4)14(17)13(10-11)16(5,6)7;1-14(2,3)11-7-10(9-16)8-12(13(11)17)15(4,5)6;1-10-8-11(14(2,3)4)13(16)12(9-10)15(5,6)7;1-6-7(2)9(4)11(12)10(5)8(6)3;1-4-9-6-8(3)7-10(5-2)11(9)12/h10-11,19H,1-9H3;9-10,17H,8H2,1-7H3;7-8,16-17H,9H2,1-6H3;8-9,16H,1-7H3;12H,1-5H3;6-7,12H,4-5H2,1-3H3. The van der Waals surface area contributed by atoms with Crippen LogP contribution in [0.3, 0.4) is 0 Å². The largest absolute Gasteiger partial charge is 0.507 e. The molecule has 0 amide bonds. The Hall–Kier alpha value is -5.92. The Morgan fingerprint density at radius 1 is 0.237 bits per heavy atom. The summed E-state index contributed by atoms with van der Waals surface area (Å²) in [6.07, 6.45) is 2.81. The van der Waals surface area contributed by atoms with Gasteiger partial charge < -0.3 is 35.7 Å². The van der Waals surface area contributed by atoms with E-state index in [-0.39, 0.29) is 55.3 Å². The van der Waals surface area contributed by atoms with E-state index in [2.05, 4.69) is 291 Å². The summed E-state index contributed by atoms with van der Waals surface area (Å²) in [7, 11) is 0. The van der Waals surface area contributed by atoms with Gasteiger partial charge in [0.2, 0.25) is 0 Å². The Balaban J connectivity index is 0.000000562. The summed E-state index contributed by atoms with van der Waals surface area (Å²) in [5.41, 5.74) is 21.5. The first kappa shape index (κ1) is 85.1. The van der Waals surface area contributed by atoms with Crippen LogP contribution in [0.5, 0.6) is 34.5 Å². The van der Waals surface area contributed by atoms with Crippen LogP contribution in [0.1, 0.15) is 319 Å². The molecule has 0 aliphatic heterocycles. The van der Waals surface area contributed by atoms with Crippen LogP contribution in [0.25, 0.3) is 0 Å². The van der Waals surface area contributed by atoms with E-state index >= 15 is 0 Å². The lowest BCUT2D eigenvalue weighted by atomic mass is 9.75. The van der Waals surface area contributed by atoms with E-state index < -0.39 is 0 Å². The van der Waals surface area contributed by atoms with Crippen molar-refractivity contribution in [2.45, 2.75) is 331 Å². The van der Waals surface area contributed by atoms with Gasteiger partial charge in [-0.05, 0) is 229 Å². The molecule has 93 heavy (non-hydrogen) atoms. The normalized spacial score (nSPS) is 12.4. The Bertz CT molecular complexity index is 3090. The van der Waals surface area contributed by atoms with Gasteiger partial charge in [-0.3, -0.25) is 0 Å². The topological polar surface area (TPSA) is 142 Å². The van der Waals surface area contributed by atoms with Crippen molar-refractivity contribution in [2.24, 2.45) is 0 Å². The van der Waals surface area contributed by atoms with Gasteiger partial charge in [0.05, 0.1) is 6.61 Å². The quantitative estimate of drug-likeness (QED) is 0.0932. The third-order valence-corrected chi connectivity index (χ3v) is 17.8. The minimum Gasteiger partial charge on any atom is -0.507 e. The summed E-state index contributed by atoms with van der Waals surface area (Å²) in [5.74, 6) is 2.71. The van der Waals surface area contributed by atoms with Gasteiger partial charge in [-0.2, -0.15) is 0 Å². The van der Waals surface area contributed by atoms with Gasteiger partial charge in [-0.25, -0.2) is 0 Å². The number of aliphatic hydroxyl groups excluding tert-OH is 1. The lowest BCUT2D eigenvalue weighted by molar-refractivity contribution is 0.280. The second-order valence-electron chi connectivity index (χ2n) is 35.6. The average molecular weight is 1280 g/mol. The molecule has 0 aromatic heterocycles. The van der Waals surface area contributed by atoms with Crippen LogP contribution in [-0.2, 0) is 74.6 Å². The number of hydrogen-bond acceptors (Lipinski definition) is 7. The van der Waals surface area contributed by atoms with Crippen molar-refractivity contribution in [1.29, 1.82) is 0 Å². The van der Waals surface area contributed by atoms with Gasteiger partial charge in [0.1, 0.15) is 34.5 Å². The smallest absolute Gasteiger partial charge is 0.123 e. The van der Waals surface area contributed by atoms with E-state index in [0.717, 1.165) is 91.6 Å². The predicted octanol–water partition coefficient (Wildman–Crippen LogP) is 23.4. The number of aryl methyl sites for hydroxylation is 5. The minimum atomic E-state index is -0.130. The molecule has 7 nitrogen and oxygen atoms in total. The molecule has 0 saturated heterocycles. The number of phenolic OH excluding ortho intramolecular Hbond substituents is 6. The number of aromatic hydroxyl groups is 6. The number of phenols is 6. The molecule has 0 bridgehead atoms. The zero-order valence-corrected chi connectivity index (χ0v) is 66.2. The molecular weight excluding hydrogens is 1140 g/mol. The van der Waals surface area contributed by atoms with E-state index in [1.807, 2.05) is 26.0 Å². The lowest BCUT2D eigenvalue weighted by Gasteiger charge is -2.31. The van der Waals surface area contributed by atoms with Gasteiger partial charge >= 0.3 is 0 Å². The van der Waals surface area contributed by atoms with Gasteiger partial charge in [0.25, 0.3) is 0 Å². The molecule has 7 heteroatoms. The molecule has 6 aromatic carbocycles. The highest BCUT2D eigenvalue weighted by Gasteiger charge is 2.31. The van der Waals surface area contributed by atoms with Crippen LogP contribution >= 0.6 is 0 Å². The third-order valence-electron chi connectivity index (χ3n) is 17.8. The second-order valence-corrected chi connectivity index (χ2v) is 35.6. The van der Waals surface area contributed by atoms with Gasteiger partial charge in [0.15, 0.2) is 0 Å². The van der Waals surface area contributed by atoms with Gasteiger partial charge in [-0.1, -0.05) is 267 Å². The van der Waals surface area contributed by atoms with Gasteiger partial charge in [-0.15, -0.1) is 0 Å². The fourth-order valence-corrected chi connectivity index (χ4v) is 11.1. The zero-order valence-electron chi connectivity index (χ0n) is 66.2. The zero-order chi connectivity index (χ0) is 73.4. The predicted molar refractivity (Wildman–Crippen MR) is 404 cm³/mol. The number of benzene rings is 6. The summed E-state index contributed by atoms with van der Waals surface area (Å²) < 4.78 is 0. The van der Waals surface area contributed by atoms with Crippen molar-refractivity contribution < 1.29 is 35.7 Å². The molecule has 0 unspecified atom stereocenters. The molecule has 0 atom stereocenters. The molecule has 0 spiro atoms. The van der Waals surface area contributed by atoms with Crippen molar-refractivity contribution in [3.05, 3.63) is 172 Å². The van der Waals surface area contributed by atoms with Crippen LogP contribution in [0.4, 0.5) is 0 Å². The molecule has 6 rings (SSSR count). The van der Waals surface area contributed by atoms with Crippen LogP contribution in [0.2, 0.25) is 0 Å². The molecule has 522 valence electrons. The van der Waals surface area contributed by atoms with E-state index in [1.165, 1.54) is 38.9 Å². The highest BCUT2D eigenvalue weighted by atomic mass is 16.3. The minimum absolute atomic E-state index is 0.00639. The summed E-state index contributed by atoms with van der Waals surface area (Å²) >= 11 is 0. The van der Waals surface area contributed by atoms with Crippen molar-refractivity contribution in [1.82, 2.24) is 0 Å². The Morgan fingerprint density at radius 2 is 0.452 bits per heavy atom. The third kappa shape index (κ3) is 23.7. The van der Waals surface area contributed by atoms with Crippen LogP contribution in [-0.4, -0.2) is 35.7 Å². The maximum Gasteiger partial charge on any atom is 0.123 e. The fourth-order valence-electron chi connectivity index (χ4n) is 11.1. The molecule has 0 fully saturated rings. The van der Waals surface area contributed by atoms with Crippen molar-refractivity contribution in [2.75, 3.05) is 0 Å². The van der Waals surface area contributed by atoms with Crippen LogP contribution in [0, 0.1) is 48.5 Å². The molecule has 6 aromatic rings. The maximum absolute atomic E-state index is 10.7. The molecule has 0 radical (unpaired) electrons. The number of aliphatic hydroxyl groups is 1. The van der Waals surface area contributed by atoms with E-state index in [1.54, 1.807) is 0 Å². The first-order valence-electron chi connectivity index (χ1n) is 34.2. The van der Waals surface area contributed by atoms with E-state index in [0.29, 0.717) is 34.5 Å². The van der Waals surface area contributed by atoms with Gasteiger partial charge in [0, 0.05) is 0 Å². The maximum atomic E-state index is 10.7. The molecular formula is C86H136O7. The first-order valence-corrected chi connectivity index (χ1v) is 34.2. The Morgan fingerprint density at radius 3 is 0.667 bits per heavy atom. The Labute approximate surface area is 570 Å². The summed E-state index contributed by atoms with van der Waals surface area (Å²) in [4.78, 5) is 0. The number of rotatable bonds is 4. The van der Waals surface area contributed by atoms with Crippen LogP contribution in [0.15, 0.2) is 60.7 Å². The van der Waals surface area contributed by atoms with E-state index in [9.17, 15) is 35.7 Å².